The lowest BCUT2D eigenvalue weighted by Gasteiger charge is -2.30. The van der Waals surface area contributed by atoms with E-state index < -0.39 is 6.10 Å². The molecule has 0 bridgehead atoms. The highest BCUT2D eigenvalue weighted by atomic mass is 16.3. The SMILES string of the molecule is CC.CNC(=O)C(O)C1CNC1. The fourth-order valence-corrected chi connectivity index (χ4v) is 0.896. The molecule has 0 radical (unpaired) electrons. The highest BCUT2D eigenvalue weighted by Crippen LogP contribution is 2.08. The maximum atomic E-state index is 10.8. The molecule has 72 valence electrons. The van der Waals surface area contributed by atoms with E-state index in [2.05, 4.69) is 10.6 Å². The first kappa shape index (κ1) is 11.4. The van der Waals surface area contributed by atoms with Crippen LogP contribution < -0.4 is 10.6 Å². The van der Waals surface area contributed by atoms with E-state index in [-0.39, 0.29) is 11.8 Å². The predicted molar refractivity (Wildman–Crippen MR) is 47.8 cm³/mol. The molecule has 1 aliphatic rings. The minimum Gasteiger partial charge on any atom is -0.383 e. The van der Waals surface area contributed by atoms with Gasteiger partial charge in [-0.05, 0) is 0 Å². The Hall–Kier alpha value is -0.610. The van der Waals surface area contributed by atoms with E-state index in [0.717, 1.165) is 13.1 Å². The molecule has 0 aliphatic carbocycles. The fraction of sp³-hybridized carbons (Fsp3) is 0.875. The van der Waals surface area contributed by atoms with Crippen LogP contribution in [0.2, 0.25) is 0 Å². The van der Waals surface area contributed by atoms with Crippen molar-refractivity contribution in [3.8, 4) is 0 Å². The molecule has 0 spiro atoms. The summed E-state index contributed by atoms with van der Waals surface area (Å²) in [5.74, 6) is -0.175. The largest absolute Gasteiger partial charge is 0.383 e. The van der Waals surface area contributed by atoms with Crippen molar-refractivity contribution in [2.75, 3.05) is 20.1 Å². The summed E-state index contributed by atoms with van der Waals surface area (Å²) in [4.78, 5) is 10.8. The molecule has 1 atom stereocenters. The third-order valence-electron chi connectivity index (χ3n) is 1.77. The average Bonchev–Trinajstić information content (AvgIpc) is 2.03. The predicted octanol–water partition coefficient (Wildman–Crippen LogP) is -0.661. The minimum absolute atomic E-state index is 0.111. The number of likely N-dealkylation sites (N-methyl/N-ethyl adjacent to an activating group) is 1. The van der Waals surface area contributed by atoms with Gasteiger partial charge in [0.15, 0.2) is 0 Å². The topological polar surface area (TPSA) is 61.4 Å². The zero-order valence-corrected chi connectivity index (χ0v) is 7.92. The van der Waals surface area contributed by atoms with Crippen LogP contribution in [0.25, 0.3) is 0 Å². The lowest BCUT2D eigenvalue weighted by atomic mass is 9.96. The van der Waals surface area contributed by atoms with E-state index in [1.807, 2.05) is 13.8 Å². The maximum Gasteiger partial charge on any atom is 0.248 e. The second-order valence-corrected chi connectivity index (χ2v) is 2.48. The van der Waals surface area contributed by atoms with Gasteiger partial charge in [-0.25, -0.2) is 0 Å². The molecule has 0 saturated carbocycles. The Balaban J connectivity index is 0.000000561. The van der Waals surface area contributed by atoms with Crippen LogP contribution >= 0.6 is 0 Å². The summed E-state index contributed by atoms with van der Waals surface area (Å²) in [7, 11) is 1.53. The molecule has 1 heterocycles. The number of aliphatic hydroxyl groups is 1. The second-order valence-electron chi connectivity index (χ2n) is 2.48. The molecular weight excluding hydrogens is 156 g/mol. The third kappa shape index (κ3) is 2.79. The Labute approximate surface area is 73.3 Å². The van der Waals surface area contributed by atoms with E-state index in [9.17, 15) is 9.90 Å². The number of rotatable bonds is 2. The number of aliphatic hydroxyl groups excluding tert-OH is 1. The summed E-state index contributed by atoms with van der Waals surface area (Å²) < 4.78 is 0. The Kier molecular flexibility index (Phi) is 5.66. The monoisotopic (exact) mass is 174 g/mol. The van der Waals surface area contributed by atoms with Gasteiger partial charge < -0.3 is 15.7 Å². The molecule has 1 fully saturated rings. The van der Waals surface area contributed by atoms with Crippen LogP contribution in [-0.2, 0) is 4.79 Å². The van der Waals surface area contributed by atoms with Crippen molar-refractivity contribution >= 4 is 5.91 Å². The van der Waals surface area contributed by atoms with E-state index in [1.54, 1.807) is 0 Å². The van der Waals surface area contributed by atoms with Crippen molar-refractivity contribution < 1.29 is 9.90 Å². The molecule has 1 saturated heterocycles. The summed E-state index contributed by atoms with van der Waals surface area (Å²) in [6, 6.07) is 0. The van der Waals surface area contributed by atoms with Crippen LogP contribution in [0.5, 0.6) is 0 Å². The summed E-state index contributed by atoms with van der Waals surface area (Å²) in [5.41, 5.74) is 0. The van der Waals surface area contributed by atoms with Crippen LogP contribution in [0.15, 0.2) is 0 Å². The minimum atomic E-state index is -0.828. The number of nitrogens with one attached hydrogen (secondary N) is 2. The van der Waals surface area contributed by atoms with E-state index in [4.69, 9.17) is 0 Å². The smallest absolute Gasteiger partial charge is 0.248 e. The first-order valence-corrected chi connectivity index (χ1v) is 4.36. The molecule has 1 rings (SSSR count). The Morgan fingerprint density at radius 3 is 2.33 bits per heavy atom. The summed E-state index contributed by atoms with van der Waals surface area (Å²) >= 11 is 0. The highest BCUT2D eigenvalue weighted by molar-refractivity contribution is 5.80. The van der Waals surface area contributed by atoms with Crippen molar-refractivity contribution in [2.45, 2.75) is 20.0 Å². The van der Waals surface area contributed by atoms with Crippen molar-refractivity contribution in [3.05, 3.63) is 0 Å². The van der Waals surface area contributed by atoms with Gasteiger partial charge >= 0.3 is 0 Å². The fourth-order valence-electron chi connectivity index (χ4n) is 0.896. The molecule has 3 N–H and O–H groups in total. The number of carbonyl (C=O) groups excluding carboxylic acids is 1. The van der Waals surface area contributed by atoms with Crippen LogP contribution in [0.1, 0.15) is 13.8 Å². The number of hydrogen-bond acceptors (Lipinski definition) is 3. The van der Waals surface area contributed by atoms with Crippen molar-refractivity contribution in [1.29, 1.82) is 0 Å². The summed E-state index contributed by atoms with van der Waals surface area (Å²) in [5, 5.41) is 14.6. The first-order valence-electron chi connectivity index (χ1n) is 4.36. The molecule has 1 unspecified atom stereocenters. The molecule has 12 heavy (non-hydrogen) atoms. The van der Waals surface area contributed by atoms with Gasteiger partial charge in [-0.1, -0.05) is 13.8 Å². The van der Waals surface area contributed by atoms with Crippen molar-refractivity contribution in [2.24, 2.45) is 5.92 Å². The third-order valence-corrected chi connectivity index (χ3v) is 1.77. The van der Waals surface area contributed by atoms with Gasteiger partial charge in [0.25, 0.3) is 0 Å². The molecule has 1 amide bonds. The number of carbonyl (C=O) groups is 1. The van der Waals surface area contributed by atoms with Gasteiger partial charge in [0.05, 0.1) is 0 Å². The van der Waals surface area contributed by atoms with Crippen LogP contribution in [0, 0.1) is 5.92 Å². The summed E-state index contributed by atoms with van der Waals surface area (Å²) in [6.45, 7) is 5.49. The molecule has 0 aromatic heterocycles. The Morgan fingerprint density at radius 2 is 2.08 bits per heavy atom. The van der Waals surface area contributed by atoms with Crippen molar-refractivity contribution in [1.82, 2.24) is 10.6 Å². The second kappa shape index (κ2) is 5.97. The molecule has 4 heteroatoms. The summed E-state index contributed by atoms with van der Waals surface area (Å²) in [6.07, 6.45) is -0.828. The molecular formula is C8H18N2O2. The molecule has 4 nitrogen and oxygen atoms in total. The van der Waals surface area contributed by atoms with E-state index in [0.29, 0.717) is 0 Å². The zero-order chi connectivity index (χ0) is 9.56. The van der Waals surface area contributed by atoms with Crippen molar-refractivity contribution in [3.63, 3.8) is 0 Å². The maximum absolute atomic E-state index is 10.8. The molecule has 1 aliphatic heterocycles. The lowest BCUT2D eigenvalue weighted by molar-refractivity contribution is -0.132. The number of hydrogen-bond donors (Lipinski definition) is 3. The van der Waals surface area contributed by atoms with Crippen LogP contribution in [0.3, 0.4) is 0 Å². The first-order chi connectivity index (χ1) is 5.75. The van der Waals surface area contributed by atoms with Gasteiger partial charge in [-0.3, -0.25) is 4.79 Å². The van der Waals surface area contributed by atoms with E-state index in [1.165, 1.54) is 7.05 Å². The highest BCUT2D eigenvalue weighted by Gasteiger charge is 2.29. The van der Waals surface area contributed by atoms with Gasteiger partial charge in [0, 0.05) is 26.1 Å². The van der Waals surface area contributed by atoms with Gasteiger partial charge in [0.2, 0.25) is 5.91 Å². The lowest BCUT2D eigenvalue weighted by Crippen LogP contribution is -2.53. The Morgan fingerprint density at radius 1 is 1.58 bits per heavy atom. The van der Waals surface area contributed by atoms with E-state index >= 15 is 0 Å². The number of amides is 1. The van der Waals surface area contributed by atoms with Gasteiger partial charge in [0.1, 0.15) is 6.10 Å². The average molecular weight is 174 g/mol. The Bertz CT molecular complexity index is 135. The molecule has 0 aromatic carbocycles. The van der Waals surface area contributed by atoms with Crippen LogP contribution in [-0.4, -0.2) is 37.3 Å². The normalized spacial score (nSPS) is 18.3. The standard InChI is InChI=1S/C6H12N2O2.C2H6/c1-7-6(10)5(9)4-2-8-3-4;1-2/h4-5,8-9H,2-3H2,1H3,(H,7,10);1-2H3. The quantitative estimate of drug-likeness (QED) is 0.521. The van der Waals surface area contributed by atoms with Crippen LogP contribution in [0.4, 0.5) is 0 Å². The van der Waals surface area contributed by atoms with Gasteiger partial charge in [-0.2, -0.15) is 0 Å². The zero-order valence-electron chi connectivity index (χ0n) is 7.92. The molecule has 0 aromatic rings. The van der Waals surface area contributed by atoms with Gasteiger partial charge in [-0.15, -0.1) is 0 Å².